The summed E-state index contributed by atoms with van der Waals surface area (Å²) in [4.78, 5) is 50.9. The largest absolute Gasteiger partial charge is 0.293 e. The van der Waals surface area contributed by atoms with E-state index in [1.54, 1.807) is 60.7 Å². The Morgan fingerprint density at radius 2 is 1.21 bits per heavy atom. The van der Waals surface area contributed by atoms with E-state index < -0.39 is 28.5 Å². The molecular formula is C20H16O4. The first-order valence-corrected chi connectivity index (χ1v) is 7.84. The maximum absolute atomic E-state index is 13.1. The van der Waals surface area contributed by atoms with Crippen molar-refractivity contribution < 1.29 is 19.2 Å². The van der Waals surface area contributed by atoms with Crippen LogP contribution in [0.25, 0.3) is 0 Å². The highest BCUT2D eigenvalue weighted by molar-refractivity contribution is 6.51. The maximum Gasteiger partial charge on any atom is 0.220 e. The van der Waals surface area contributed by atoms with E-state index >= 15 is 0 Å². The van der Waals surface area contributed by atoms with Gasteiger partial charge < -0.3 is 0 Å². The zero-order valence-electron chi connectivity index (χ0n) is 13.0. The zero-order valence-corrected chi connectivity index (χ0v) is 13.0. The van der Waals surface area contributed by atoms with Gasteiger partial charge in [-0.1, -0.05) is 60.7 Å². The summed E-state index contributed by atoms with van der Waals surface area (Å²) in [5.74, 6) is -2.70. The summed E-state index contributed by atoms with van der Waals surface area (Å²) in [6.07, 6.45) is 0.505. The van der Waals surface area contributed by atoms with Crippen molar-refractivity contribution in [1.82, 2.24) is 0 Å². The monoisotopic (exact) mass is 320 g/mol. The molecule has 0 unspecified atom stereocenters. The van der Waals surface area contributed by atoms with Crippen LogP contribution in [0.5, 0.6) is 0 Å². The molecule has 0 aliphatic heterocycles. The number of carbonyl (C=O) groups is 4. The summed E-state index contributed by atoms with van der Waals surface area (Å²) in [6, 6.07) is 16.4. The van der Waals surface area contributed by atoms with Gasteiger partial charge in [-0.05, 0) is 12.8 Å². The fourth-order valence-electron chi connectivity index (χ4n) is 3.19. The minimum Gasteiger partial charge on any atom is -0.293 e. The molecule has 24 heavy (non-hydrogen) atoms. The minimum atomic E-state index is -1.93. The summed E-state index contributed by atoms with van der Waals surface area (Å²) < 4.78 is 0. The van der Waals surface area contributed by atoms with Crippen LogP contribution in [0.15, 0.2) is 60.7 Å². The van der Waals surface area contributed by atoms with Gasteiger partial charge in [0.15, 0.2) is 22.8 Å². The van der Waals surface area contributed by atoms with Gasteiger partial charge >= 0.3 is 0 Å². The normalized spacial score (nSPS) is 16.7. The number of Topliss-reactive ketones (excluding diaryl/α,β-unsaturated/α-hetero) is 4. The van der Waals surface area contributed by atoms with Crippen molar-refractivity contribution in [1.29, 1.82) is 0 Å². The van der Waals surface area contributed by atoms with Crippen molar-refractivity contribution in [3.63, 3.8) is 0 Å². The van der Waals surface area contributed by atoms with Gasteiger partial charge in [0, 0.05) is 17.5 Å². The lowest BCUT2D eigenvalue weighted by atomic mass is 9.64. The molecule has 1 saturated carbocycles. The molecule has 2 aromatic carbocycles. The van der Waals surface area contributed by atoms with Crippen molar-refractivity contribution in [2.45, 2.75) is 19.3 Å². The SMILES string of the molecule is O=C1CCCC(C(=O)c2ccccc2)(C(=O)c2ccccc2)C1=O. The molecule has 0 bridgehead atoms. The van der Waals surface area contributed by atoms with Crippen molar-refractivity contribution >= 4 is 23.1 Å². The molecule has 0 radical (unpaired) electrons. The third-order valence-corrected chi connectivity index (χ3v) is 4.44. The summed E-state index contributed by atoms with van der Waals surface area (Å²) in [7, 11) is 0. The molecule has 2 aromatic rings. The average molecular weight is 320 g/mol. The number of hydrogen-bond acceptors (Lipinski definition) is 4. The van der Waals surface area contributed by atoms with Crippen molar-refractivity contribution in [2.24, 2.45) is 5.41 Å². The number of rotatable bonds is 4. The summed E-state index contributed by atoms with van der Waals surface area (Å²) in [5.41, 5.74) is -1.40. The molecule has 0 aromatic heterocycles. The Labute approximate surface area is 139 Å². The molecular weight excluding hydrogens is 304 g/mol. The van der Waals surface area contributed by atoms with E-state index in [1.807, 2.05) is 0 Å². The Balaban J connectivity index is 2.15. The highest BCUT2D eigenvalue weighted by Gasteiger charge is 2.55. The van der Waals surface area contributed by atoms with E-state index in [0.717, 1.165) is 0 Å². The predicted molar refractivity (Wildman–Crippen MR) is 87.8 cm³/mol. The number of hydrogen-bond donors (Lipinski definition) is 0. The van der Waals surface area contributed by atoms with E-state index in [0.29, 0.717) is 6.42 Å². The van der Waals surface area contributed by atoms with Crippen LogP contribution < -0.4 is 0 Å². The Hall–Kier alpha value is -2.88. The third-order valence-electron chi connectivity index (χ3n) is 4.44. The van der Waals surface area contributed by atoms with Crippen molar-refractivity contribution in [2.75, 3.05) is 0 Å². The van der Waals surface area contributed by atoms with Gasteiger partial charge in [-0.2, -0.15) is 0 Å². The molecule has 1 aliphatic carbocycles. The van der Waals surface area contributed by atoms with E-state index in [-0.39, 0.29) is 24.0 Å². The molecule has 0 amide bonds. The molecule has 3 rings (SSSR count). The Morgan fingerprint density at radius 1 is 0.750 bits per heavy atom. The van der Waals surface area contributed by atoms with Crippen LogP contribution >= 0.6 is 0 Å². The summed E-state index contributed by atoms with van der Waals surface area (Å²) in [5, 5.41) is 0. The molecule has 4 heteroatoms. The van der Waals surface area contributed by atoms with Crippen molar-refractivity contribution in [3.05, 3.63) is 71.8 Å². The topological polar surface area (TPSA) is 68.3 Å². The molecule has 0 N–H and O–H groups in total. The molecule has 1 aliphatic rings. The van der Waals surface area contributed by atoms with Gasteiger partial charge in [-0.3, -0.25) is 19.2 Å². The summed E-state index contributed by atoms with van der Waals surface area (Å²) >= 11 is 0. The first kappa shape index (κ1) is 16.0. The predicted octanol–water partition coefficient (Wildman–Crippen LogP) is 3.06. The quantitative estimate of drug-likeness (QED) is 0.493. The molecule has 0 spiro atoms. The highest BCUT2D eigenvalue weighted by atomic mass is 16.2. The fraction of sp³-hybridized carbons (Fsp3) is 0.200. The molecule has 0 heterocycles. The van der Waals surface area contributed by atoms with Gasteiger partial charge in [-0.25, -0.2) is 0 Å². The van der Waals surface area contributed by atoms with E-state index in [9.17, 15) is 19.2 Å². The third kappa shape index (κ3) is 2.50. The fourth-order valence-corrected chi connectivity index (χ4v) is 3.19. The average Bonchev–Trinajstić information content (AvgIpc) is 2.64. The van der Waals surface area contributed by atoms with Crippen LogP contribution in [0.4, 0.5) is 0 Å². The van der Waals surface area contributed by atoms with Crippen molar-refractivity contribution in [3.8, 4) is 0 Å². The Kier molecular flexibility index (Phi) is 4.21. The highest BCUT2D eigenvalue weighted by Crippen LogP contribution is 2.38. The van der Waals surface area contributed by atoms with Gasteiger partial charge in [0.1, 0.15) is 0 Å². The molecule has 4 nitrogen and oxygen atoms in total. The standard InChI is InChI=1S/C20H16O4/c21-16-12-7-13-20(19(16)24,17(22)14-8-3-1-4-9-14)18(23)15-10-5-2-6-11-15/h1-6,8-11H,7,12-13H2. The lowest BCUT2D eigenvalue weighted by Crippen LogP contribution is -2.51. The lowest BCUT2D eigenvalue weighted by molar-refractivity contribution is -0.142. The number of carbonyl (C=O) groups excluding carboxylic acids is 4. The smallest absolute Gasteiger partial charge is 0.220 e. The number of ketones is 4. The molecule has 0 saturated heterocycles. The second-order valence-corrected chi connectivity index (χ2v) is 5.90. The Bertz CT molecular complexity index is 755. The first-order chi connectivity index (χ1) is 11.6. The number of benzene rings is 2. The van der Waals surface area contributed by atoms with Gasteiger partial charge in [-0.15, -0.1) is 0 Å². The zero-order chi connectivity index (χ0) is 17.2. The second-order valence-electron chi connectivity index (χ2n) is 5.90. The van der Waals surface area contributed by atoms with Crippen LogP contribution in [0.2, 0.25) is 0 Å². The van der Waals surface area contributed by atoms with E-state index in [2.05, 4.69) is 0 Å². The van der Waals surface area contributed by atoms with Crippen LogP contribution in [0.3, 0.4) is 0 Å². The Morgan fingerprint density at radius 3 is 1.67 bits per heavy atom. The van der Waals surface area contributed by atoms with E-state index in [4.69, 9.17) is 0 Å². The van der Waals surface area contributed by atoms with Crippen LogP contribution in [-0.4, -0.2) is 23.1 Å². The maximum atomic E-state index is 13.1. The van der Waals surface area contributed by atoms with Crippen LogP contribution in [-0.2, 0) is 9.59 Å². The van der Waals surface area contributed by atoms with Crippen LogP contribution in [0.1, 0.15) is 40.0 Å². The van der Waals surface area contributed by atoms with Crippen LogP contribution in [0, 0.1) is 5.41 Å². The van der Waals surface area contributed by atoms with Gasteiger partial charge in [0.25, 0.3) is 0 Å². The second kappa shape index (κ2) is 6.32. The summed E-state index contributed by atoms with van der Waals surface area (Å²) in [6.45, 7) is 0. The molecule has 0 atom stereocenters. The molecule has 1 fully saturated rings. The minimum absolute atomic E-state index is 0.0685. The lowest BCUT2D eigenvalue weighted by Gasteiger charge is -2.32. The van der Waals surface area contributed by atoms with E-state index in [1.165, 1.54) is 0 Å². The molecule has 120 valence electrons. The van der Waals surface area contributed by atoms with Gasteiger partial charge in [0.2, 0.25) is 5.78 Å². The van der Waals surface area contributed by atoms with Gasteiger partial charge in [0.05, 0.1) is 0 Å². The first-order valence-electron chi connectivity index (χ1n) is 7.84.